The van der Waals surface area contributed by atoms with Gasteiger partial charge in [-0.2, -0.15) is 0 Å². The minimum Gasteiger partial charge on any atom is -0.348 e. The zero-order valence-electron chi connectivity index (χ0n) is 11.2. The van der Waals surface area contributed by atoms with Gasteiger partial charge < -0.3 is 4.90 Å². The molecule has 0 aliphatic heterocycles. The molecule has 1 heterocycles. The Labute approximate surface area is 108 Å². The summed E-state index contributed by atoms with van der Waals surface area (Å²) >= 11 is 0. The second kappa shape index (κ2) is 4.81. The van der Waals surface area contributed by atoms with Crippen LogP contribution in [0.15, 0.2) is 18.3 Å². The molecular weight excluding hydrogens is 224 g/mol. The van der Waals surface area contributed by atoms with Crippen LogP contribution in [0.3, 0.4) is 0 Å². The second-order valence-corrected chi connectivity index (χ2v) is 4.94. The highest BCUT2D eigenvalue weighted by Gasteiger charge is 2.49. The average molecular weight is 242 g/mol. The van der Waals surface area contributed by atoms with E-state index < -0.39 is 5.41 Å². The standard InChI is InChI=1S/C15H18N2O/c1-4-12-5-6-13(16-11-12)7-8-15(9-10-15)14(18)17(2)3/h5-6,11H,4,9-10H2,1-3H3. The molecule has 18 heavy (non-hydrogen) atoms. The molecule has 1 aromatic rings. The van der Waals surface area contributed by atoms with Crippen LogP contribution in [0, 0.1) is 17.3 Å². The Balaban J connectivity index is 2.14. The van der Waals surface area contributed by atoms with E-state index in [1.54, 1.807) is 19.0 Å². The number of carbonyl (C=O) groups excluding carboxylic acids is 1. The Hall–Kier alpha value is -1.82. The van der Waals surface area contributed by atoms with Gasteiger partial charge in [0.2, 0.25) is 5.91 Å². The number of pyridine rings is 1. The fourth-order valence-corrected chi connectivity index (χ4v) is 1.84. The van der Waals surface area contributed by atoms with E-state index >= 15 is 0 Å². The summed E-state index contributed by atoms with van der Waals surface area (Å²) in [6.07, 6.45) is 4.55. The highest BCUT2D eigenvalue weighted by Crippen LogP contribution is 2.46. The zero-order chi connectivity index (χ0) is 13.2. The number of nitrogens with zero attached hydrogens (tertiary/aromatic N) is 2. The number of carbonyl (C=O) groups is 1. The summed E-state index contributed by atoms with van der Waals surface area (Å²) in [4.78, 5) is 17.9. The van der Waals surface area contributed by atoms with Gasteiger partial charge >= 0.3 is 0 Å². The van der Waals surface area contributed by atoms with Crippen molar-refractivity contribution in [2.75, 3.05) is 14.1 Å². The fraction of sp³-hybridized carbons (Fsp3) is 0.467. The first kappa shape index (κ1) is 12.6. The number of aryl methyl sites for hydroxylation is 1. The van der Waals surface area contributed by atoms with Crippen molar-refractivity contribution < 1.29 is 4.79 Å². The summed E-state index contributed by atoms with van der Waals surface area (Å²) in [6, 6.07) is 3.95. The van der Waals surface area contributed by atoms with Gasteiger partial charge in [0.05, 0.1) is 0 Å². The van der Waals surface area contributed by atoms with Crippen LogP contribution in [0.25, 0.3) is 0 Å². The lowest BCUT2D eigenvalue weighted by atomic mass is 10.1. The minimum absolute atomic E-state index is 0.111. The topological polar surface area (TPSA) is 33.2 Å². The lowest BCUT2D eigenvalue weighted by Gasteiger charge is -2.14. The smallest absolute Gasteiger partial charge is 0.240 e. The molecule has 0 bridgehead atoms. The number of hydrogen-bond acceptors (Lipinski definition) is 2. The molecule has 1 aliphatic rings. The monoisotopic (exact) mass is 242 g/mol. The summed E-state index contributed by atoms with van der Waals surface area (Å²) in [6.45, 7) is 2.09. The van der Waals surface area contributed by atoms with E-state index in [-0.39, 0.29) is 5.91 Å². The van der Waals surface area contributed by atoms with Crippen LogP contribution in [-0.2, 0) is 11.2 Å². The van der Waals surface area contributed by atoms with Crippen LogP contribution >= 0.6 is 0 Å². The van der Waals surface area contributed by atoms with Crippen molar-refractivity contribution in [3.63, 3.8) is 0 Å². The fourth-order valence-electron chi connectivity index (χ4n) is 1.84. The largest absolute Gasteiger partial charge is 0.348 e. The summed E-state index contributed by atoms with van der Waals surface area (Å²) in [5.74, 6) is 6.24. The number of amides is 1. The molecule has 1 aromatic heterocycles. The summed E-state index contributed by atoms with van der Waals surface area (Å²) in [5.41, 5.74) is 1.50. The molecule has 0 saturated heterocycles. The molecule has 0 unspecified atom stereocenters. The summed E-state index contributed by atoms with van der Waals surface area (Å²) in [7, 11) is 3.55. The molecule has 0 spiro atoms. The normalized spacial score (nSPS) is 15.5. The van der Waals surface area contributed by atoms with Gasteiger partial charge in [-0.1, -0.05) is 18.9 Å². The molecule has 3 nitrogen and oxygen atoms in total. The van der Waals surface area contributed by atoms with Crippen molar-refractivity contribution in [2.45, 2.75) is 26.2 Å². The van der Waals surface area contributed by atoms with Gasteiger partial charge in [0.15, 0.2) is 0 Å². The summed E-state index contributed by atoms with van der Waals surface area (Å²) < 4.78 is 0. The molecule has 1 amide bonds. The first-order valence-electron chi connectivity index (χ1n) is 6.27. The van der Waals surface area contributed by atoms with Crippen LogP contribution in [0.1, 0.15) is 31.0 Å². The molecule has 0 N–H and O–H groups in total. The molecule has 2 rings (SSSR count). The molecule has 3 heteroatoms. The number of hydrogen-bond donors (Lipinski definition) is 0. The van der Waals surface area contributed by atoms with Gasteiger partial charge in [-0.3, -0.25) is 4.79 Å². The summed E-state index contributed by atoms with van der Waals surface area (Å²) in [5, 5.41) is 0. The molecule has 94 valence electrons. The van der Waals surface area contributed by atoms with E-state index in [9.17, 15) is 4.79 Å². The van der Waals surface area contributed by atoms with Crippen molar-refractivity contribution in [1.29, 1.82) is 0 Å². The molecular formula is C15H18N2O. The average Bonchev–Trinajstić information content (AvgIpc) is 3.17. The van der Waals surface area contributed by atoms with Crippen molar-refractivity contribution in [1.82, 2.24) is 9.88 Å². The SMILES string of the molecule is CCc1ccc(C#CC2(C(=O)N(C)C)CC2)nc1. The van der Waals surface area contributed by atoms with Gasteiger partial charge in [-0.15, -0.1) is 0 Å². The third-order valence-corrected chi connectivity index (χ3v) is 3.23. The number of aromatic nitrogens is 1. The van der Waals surface area contributed by atoms with Crippen molar-refractivity contribution in [2.24, 2.45) is 5.41 Å². The Morgan fingerprint density at radius 1 is 1.44 bits per heavy atom. The third-order valence-electron chi connectivity index (χ3n) is 3.23. The van der Waals surface area contributed by atoms with Gasteiger partial charge in [-0.25, -0.2) is 4.98 Å². The molecule has 1 saturated carbocycles. The second-order valence-electron chi connectivity index (χ2n) is 4.94. The Morgan fingerprint density at radius 2 is 2.17 bits per heavy atom. The van der Waals surface area contributed by atoms with Crippen LogP contribution in [-0.4, -0.2) is 29.9 Å². The first-order chi connectivity index (χ1) is 8.57. The van der Waals surface area contributed by atoms with Crippen molar-refractivity contribution >= 4 is 5.91 Å². The Morgan fingerprint density at radius 3 is 2.61 bits per heavy atom. The van der Waals surface area contributed by atoms with Gasteiger partial charge in [0, 0.05) is 20.3 Å². The van der Waals surface area contributed by atoms with Crippen molar-refractivity contribution in [3.8, 4) is 11.8 Å². The maximum atomic E-state index is 12.0. The third kappa shape index (κ3) is 2.53. The lowest BCUT2D eigenvalue weighted by Crippen LogP contribution is -2.30. The van der Waals surface area contributed by atoms with E-state index in [0.29, 0.717) is 0 Å². The highest BCUT2D eigenvalue weighted by atomic mass is 16.2. The maximum absolute atomic E-state index is 12.0. The van der Waals surface area contributed by atoms with E-state index in [2.05, 4.69) is 23.7 Å². The van der Waals surface area contributed by atoms with Crippen LogP contribution in [0.5, 0.6) is 0 Å². The van der Waals surface area contributed by atoms with Gasteiger partial charge in [0.1, 0.15) is 11.1 Å². The predicted molar refractivity (Wildman–Crippen MR) is 70.9 cm³/mol. The molecule has 1 aliphatic carbocycles. The van der Waals surface area contributed by atoms with Crippen molar-refractivity contribution in [3.05, 3.63) is 29.6 Å². The molecule has 0 radical (unpaired) electrons. The van der Waals surface area contributed by atoms with E-state index in [1.165, 1.54) is 5.56 Å². The first-order valence-corrected chi connectivity index (χ1v) is 6.27. The number of rotatable bonds is 2. The van der Waals surface area contributed by atoms with Crippen LogP contribution < -0.4 is 0 Å². The minimum atomic E-state index is -0.436. The molecule has 1 fully saturated rings. The Bertz CT molecular complexity index is 502. The quantitative estimate of drug-likeness (QED) is 0.742. The Kier molecular flexibility index (Phi) is 3.38. The highest BCUT2D eigenvalue weighted by molar-refractivity contribution is 5.88. The zero-order valence-corrected chi connectivity index (χ0v) is 11.2. The van der Waals surface area contributed by atoms with E-state index in [1.807, 2.05) is 18.3 Å². The van der Waals surface area contributed by atoms with E-state index in [0.717, 1.165) is 25.0 Å². The molecule has 0 atom stereocenters. The maximum Gasteiger partial charge on any atom is 0.240 e. The van der Waals surface area contributed by atoms with Crippen LogP contribution in [0.2, 0.25) is 0 Å². The van der Waals surface area contributed by atoms with Gasteiger partial charge in [-0.05, 0) is 36.8 Å². The predicted octanol–water partition coefficient (Wildman–Crippen LogP) is 1.86. The van der Waals surface area contributed by atoms with Gasteiger partial charge in [0.25, 0.3) is 0 Å². The van der Waals surface area contributed by atoms with E-state index in [4.69, 9.17) is 0 Å². The lowest BCUT2D eigenvalue weighted by molar-refractivity contribution is -0.132. The molecule has 0 aromatic carbocycles. The van der Waals surface area contributed by atoms with Crippen LogP contribution in [0.4, 0.5) is 0 Å².